The maximum Gasteiger partial charge on any atom is 0.229 e. The average Bonchev–Trinajstić information content (AvgIpc) is 3.15. The Morgan fingerprint density at radius 3 is 3.00 bits per heavy atom. The Labute approximate surface area is 115 Å². The Kier molecular flexibility index (Phi) is 3.40. The minimum absolute atomic E-state index is 0.0827. The molecule has 0 radical (unpaired) electrons. The van der Waals surface area contributed by atoms with Gasteiger partial charge in [-0.1, -0.05) is 5.16 Å². The molecule has 1 atom stereocenters. The van der Waals surface area contributed by atoms with Crippen molar-refractivity contribution in [3.8, 4) is 5.75 Å². The van der Waals surface area contributed by atoms with Crippen molar-refractivity contribution in [3.63, 3.8) is 0 Å². The largest absolute Gasteiger partial charge is 0.485 e. The molecule has 20 heavy (non-hydrogen) atoms. The van der Waals surface area contributed by atoms with Crippen LogP contribution in [0, 0.1) is 5.82 Å². The number of aromatic nitrogens is 2. The molecule has 1 saturated carbocycles. The van der Waals surface area contributed by atoms with E-state index >= 15 is 0 Å². The summed E-state index contributed by atoms with van der Waals surface area (Å²) in [7, 11) is 0. The predicted octanol–water partition coefficient (Wildman–Crippen LogP) is 2.72. The summed E-state index contributed by atoms with van der Waals surface area (Å²) in [6.45, 7) is 1.68. The molecule has 0 amide bonds. The van der Waals surface area contributed by atoms with Gasteiger partial charge in [0.2, 0.25) is 11.7 Å². The van der Waals surface area contributed by atoms with E-state index in [1.165, 1.54) is 18.2 Å². The third-order valence-corrected chi connectivity index (χ3v) is 3.19. The summed E-state index contributed by atoms with van der Waals surface area (Å²) >= 11 is 0. The van der Waals surface area contributed by atoms with Crippen LogP contribution in [0.15, 0.2) is 22.7 Å². The van der Waals surface area contributed by atoms with Crippen molar-refractivity contribution >= 4 is 0 Å². The van der Waals surface area contributed by atoms with Gasteiger partial charge in [-0.15, -0.1) is 0 Å². The van der Waals surface area contributed by atoms with Gasteiger partial charge in [-0.25, -0.2) is 4.39 Å². The van der Waals surface area contributed by atoms with Gasteiger partial charge >= 0.3 is 0 Å². The molecule has 5 nitrogen and oxygen atoms in total. The molecule has 1 aliphatic rings. The highest BCUT2D eigenvalue weighted by molar-refractivity contribution is 5.35. The summed E-state index contributed by atoms with van der Waals surface area (Å²) in [5, 5.41) is 13.4. The summed E-state index contributed by atoms with van der Waals surface area (Å²) in [6.07, 6.45) is 1.43. The second-order valence-corrected chi connectivity index (χ2v) is 4.97. The molecular formula is C14H15FN2O3. The first-order valence-corrected chi connectivity index (χ1v) is 6.56. The van der Waals surface area contributed by atoms with Crippen LogP contribution in [0.5, 0.6) is 5.75 Å². The van der Waals surface area contributed by atoms with Crippen molar-refractivity contribution in [2.45, 2.75) is 38.4 Å². The van der Waals surface area contributed by atoms with Crippen LogP contribution >= 0.6 is 0 Å². The predicted molar refractivity (Wildman–Crippen MR) is 67.6 cm³/mol. The second-order valence-electron chi connectivity index (χ2n) is 4.97. The van der Waals surface area contributed by atoms with E-state index in [0.29, 0.717) is 23.2 Å². The van der Waals surface area contributed by atoms with Gasteiger partial charge in [0.1, 0.15) is 11.6 Å². The van der Waals surface area contributed by atoms with Crippen molar-refractivity contribution < 1.29 is 18.8 Å². The molecule has 1 aromatic heterocycles. The maximum atomic E-state index is 13.2. The Morgan fingerprint density at radius 1 is 1.50 bits per heavy atom. The van der Waals surface area contributed by atoms with E-state index in [0.717, 1.165) is 12.8 Å². The highest BCUT2D eigenvalue weighted by Crippen LogP contribution is 2.38. The average molecular weight is 278 g/mol. The van der Waals surface area contributed by atoms with Gasteiger partial charge in [-0.05, 0) is 31.9 Å². The lowest BCUT2D eigenvalue weighted by atomic mass is 10.1. The smallest absolute Gasteiger partial charge is 0.229 e. The summed E-state index contributed by atoms with van der Waals surface area (Å²) in [5.41, 5.74) is 0.525. The summed E-state index contributed by atoms with van der Waals surface area (Å²) in [5.74, 6) is 1.32. The third-order valence-electron chi connectivity index (χ3n) is 3.19. The normalized spacial score (nSPS) is 16.1. The molecule has 1 aromatic carbocycles. The SMILES string of the molecule is C[C@@H](O)c1ccc(F)cc1OCc1noc(C2CC2)n1. The van der Waals surface area contributed by atoms with E-state index < -0.39 is 11.9 Å². The van der Waals surface area contributed by atoms with Gasteiger partial charge in [-0.2, -0.15) is 4.98 Å². The number of benzene rings is 1. The molecule has 1 heterocycles. The molecule has 0 unspecified atom stereocenters. The lowest BCUT2D eigenvalue weighted by Gasteiger charge is -2.12. The van der Waals surface area contributed by atoms with Crippen molar-refractivity contribution in [1.29, 1.82) is 0 Å². The van der Waals surface area contributed by atoms with E-state index in [1.807, 2.05) is 0 Å². The van der Waals surface area contributed by atoms with Crippen LogP contribution < -0.4 is 4.74 Å². The number of halogens is 1. The van der Waals surface area contributed by atoms with Crippen LogP contribution in [0.2, 0.25) is 0 Å². The highest BCUT2D eigenvalue weighted by Gasteiger charge is 2.29. The molecule has 1 fully saturated rings. The van der Waals surface area contributed by atoms with Crippen molar-refractivity contribution in [2.24, 2.45) is 0 Å². The molecule has 1 N–H and O–H groups in total. The van der Waals surface area contributed by atoms with E-state index in [9.17, 15) is 9.50 Å². The lowest BCUT2D eigenvalue weighted by Crippen LogP contribution is -2.03. The maximum absolute atomic E-state index is 13.2. The van der Waals surface area contributed by atoms with Crippen LogP contribution in [0.4, 0.5) is 4.39 Å². The molecule has 0 spiro atoms. The summed E-state index contributed by atoms with van der Waals surface area (Å²) in [6, 6.07) is 4.03. The zero-order valence-electron chi connectivity index (χ0n) is 11.0. The zero-order chi connectivity index (χ0) is 14.1. The minimum Gasteiger partial charge on any atom is -0.485 e. The molecule has 0 aliphatic heterocycles. The first-order chi connectivity index (χ1) is 9.63. The van der Waals surface area contributed by atoms with Gasteiger partial charge in [0.25, 0.3) is 0 Å². The van der Waals surface area contributed by atoms with E-state index in [4.69, 9.17) is 9.26 Å². The molecule has 6 heteroatoms. The Balaban J connectivity index is 1.71. The van der Waals surface area contributed by atoms with Crippen molar-refractivity contribution in [1.82, 2.24) is 10.1 Å². The monoisotopic (exact) mass is 278 g/mol. The quantitative estimate of drug-likeness (QED) is 0.910. The van der Waals surface area contributed by atoms with Crippen LogP contribution in [0.1, 0.15) is 49.1 Å². The van der Waals surface area contributed by atoms with E-state index in [1.54, 1.807) is 6.92 Å². The van der Waals surface area contributed by atoms with Gasteiger partial charge in [0.15, 0.2) is 6.61 Å². The minimum atomic E-state index is -0.738. The number of hydrogen-bond donors (Lipinski definition) is 1. The van der Waals surface area contributed by atoms with Crippen LogP contribution in [0.3, 0.4) is 0 Å². The Hall–Kier alpha value is -1.95. The first-order valence-electron chi connectivity index (χ1n) is 6.56. The number of rotatable bonds is 5. The number of nitrogens with zero attached hydrogens (tertiary/aromatic N) is 2. The molecule has 106 valence electrons. The second kappa shape index (κ2) is 5.20. The molecular weight excluding hydrogens is 263 g/mol. The summed E-state index contributed by atoms with van der Waals surface area (Å²) in [4.78, 5) is 4.23. The van der Waals surface area contributed by atoms with Gasteiger partial charge in [0.05, 0.1) is 6.10 Å². The van der Waals surface area contributed by atoms with Crippen molar-refractivity contribution in [2.75, 3.05) is 0 Å². The fourth-order valence-corrected chi connectivity index (χ4v) is 1.94. The summed E-state index contributed by atoms with van der Waals surface area (Å²) < 4.78 is 23.9. The number of ether oxygens (including phenoxy) is 1. The number of aliphatic hydroxyl groups is 1. The van der Waals surface area contributed by atoms with Crippen LogP contribution in [-0.4, -0.2) is 15.2 Å². The molecule has 0 saturated heterocycles. The molecule has 3 rings (SSSR count). The van der Waals surface area contributed by atoms with Crippen LogP contribution in [0.25, 0.3) is 0 Å². The van der Waals surface area contributed by atoms with Crippen LogP contribution in [-0.2, 0) is 6.61 Å². The Bertz CT molecular complexity index is 608. The lowest BCUT2D eigenvalue weighted by molar-refractivity contribution is 0.189. The van der Waals surface area contributed by atoms with Gasteiger partial charge in [0, 0.05) is 17.5 Å². The number of aliphatic hydroxyl groups excluding tert-OH is 1. The molecule has 0 bridgehead atoms. The zero-order valence-corrected chi connectivity index (χ0v) is 11.0. The first kappa shape index (κ1) is 13.1. The van der Waals surface area contributed by atoms with Gasteiger partial charge in [-0.3, -0.25) is 0 Å². The molecule has 1 aliphatic carbocycles. The van der Waals surface area contributed by atoms with E-state index in [2.05, 4.69) is 10.1 Å². The fraction of sp³-hybridized carbons (Fsp3) is 0.429. The molecule has 2 aromatic rings. The van der Waals surface area contributed by atoms with Crippen molar-refractivity contribution in [3.05, 3.63) is 41.3 Å². The van der Waals surface area contributed by atoms with Gasteiger partial charge < -0.3 is 14.4 Å². The fourth-order valence-electron chi connectivity index (χ4n) is 1.94. The standard InChI is InChI=1S/C14H15FN2O3/c1-8(18)11-5-4-10(15)6-12(11)19-7-13-16-14(20-17-13)9-2-3-9/h4-6,8-9,18H,2-3,7H2,1H3/t8-/m1/s1. The highest BCUT2D eigenvalue weighted by atomic mass is 19.1. The number of hydrogen-bond acceptors (Lipinski definition) is 5. The van der Waals surface area contributed by atoms with E-state index in [-0.39, 0.29) is 12.4 Å². The third kappa shape index (κ3) is 2.80. The topological polar surface area (TPSA) is 68.4 Å². The Morgan fingerprint density at radius 2 is 2.30 bits per heavy atom.